The molecule has 0 aromatic heterocycles. The number of hydrogen-bond donors (Lipinski definition) is 0. The molecular formula is C15H19ClN2O3. The lowest BCUT2D eigenvalue weighted by atomic mass is 9.85. The minimum atomic E-state index is -0.537. The molecular weight excluding hydrogens is 292 g/mol. The minimum absolute atomic E-state index is 0.0623. The average molecular weight is 311 g/mol. The molecule has 1 fully saturated rings. The number of carbonyl (C=O) groups is 1. The van der Waals surface area contributed by atoms with E-state index in [-0.39, 0.29) is 23.2 Å². The number of nitro groups is 1. The first-order valence-electron chi connectivity index (χ1n) is 7.06. The summed E-state index contributed by atoms with van der Waals surface area (Å²) in [6, 6.07) is 4.17. The van der Waals surface area contributed by atoms with E-state index in [1.807, 2.05) is 6.92 Å². The maximum Gasteiger partial charge on any atom is 0.282 e. The predicted molar refractivity (Wildman–Crippen MR) is 81.5 cm³/mol. The molecule has 3 atom stereocenters. The van der Waals surface area contributed by atoms with Crippen LogP contribution in [0, 0.1) is 22.0 Å². The SMILES string of the molecule is CC1CC(C)C(C)N(C(=O)c2cc(Cl)ccc2[N+](=O)[O-])C1. The van der Waals surface area contributed by atoms with Gasteiger partial charge in [0, 0.05) is 23.7 Å². The van der Waals surface area contributed by atoms with Crippen LogP contribution in [0.2, 0.25) is 5.02 Å². The molecule has 21 heavy (non-hydrogen) atoms. The first-order chi connectivity index (χ1) is 9.81. The van der Waals surface area contributed by atoms with Gasteiger partial charge in [-0.05, 0) is 37.3 Å². The molecule has 3 unspecified atom stereocenters. The van der Waals surface area contributed by atoms with Crippen molar-refractivity contribution in [3.63, 3.8) is 0 Å². The Balaban J connectivity index is 2.39. The topological polar surface area (TPSA) is 63.5 Å². The molecule has 1 aromatic carbocycles. The molecule has 0 radical (unpaired) electrons. The van der Waals surface area contributed by atoms with E-state index >= 15 is 0 Å². The van der Waals surface area contributed by atoms with Gasteiger partial charge >= 0.3 is 0 Å². The lowest BCUT2D eigenvalue weighted by molar-refractivity contribution is -0.385. The Bertz CT molecular complexity index is 576. The van der Waals surface area contributed by atoms with Gasteiger partial charge in [-0.1, -0.05) is 25.4 Å². The maximum absolute atomic E-state index is 12.7. The summed E-state index contributed by atoms with van der Waals surface area (Å²) in [7, 11) is 0. The molecule has 5 nitrogen and oxygen atoms in total. The summed E-state index contributed by atoms with van der Waals surface area (Å²) in [5, 5.41) is 11.5. The molecule has 1 heterocycles. The van der Waals surface area contributed by atoms with Crippen LogP contribution in [-0.2, 0) is 0 Å². The quantitative estimate of drug-likeness (QED) is 0.617. The molecule has 1 aromatic rings. The Morgan fingerprint density at radius 1 is 1.38 bits per heavy atom. The lowest BCUT2D eigenvalue weighted by Crippen LogP contribution is -2.49. The van der Waals surface area contributed by atoms with E-state index in [4.69, 9.17) is 11.6 Å². The number of likely N-dealkylation sites (tertiary alicyclic amines) is 1. The second-order valence-electron chi connectivity index (χ2n) is 5.93. The minimum Gasteiger partial charge on any atom is -0.335 e. The van der Waals surface area contributed by atoms with Crippen LogP contribution in [0.15, 0.2) is 18.2 Å². The zero-order valence-electron chi connectivity index (χ0n) is 12.4. The van der Waals surface area contributed by atoms with E-state index in [0.717, 1.165) is 6.42 Å². The van der Waals surface area contributed by atoms with Crippen molar-refractivity contribution in [2.75, 3.05) is 6.54 Å². The van der Waals surface area contributed by atoms with Gasteiger partial charge in [0.05, 0.1) is 4.92 Å². The zero-order valence-corrected chi connectivity index (χ0v) is 13.1. The summed E-state index contributed by atoms with van der Waals surface area (Å²) in [5.74, 6) is 0.449. The summed E-state index contributed by atoms with van der Waals surface area (Å²) in [5.41, 5.74) is -0.122. The normalized spacial score (nSPS) is 25.7. The number of benzene rings is 1. The average Bonchev–Trinajstić information content (AvgIpc) is 2.41. The van der Waals surface area contributed by atoms with Gasteiger partial charge < -0.3 is 4.90 Å². The van der Waals surface area contributed by atoms with E-state index in [1.165, 1.54) is 18.2 Å². The van der Waals surface area contributed by atoms with E-state index in [9.17, 15) is 14.9 Å². The molecule has 0 bridgehead atoms. The predicted octanol–water partition coefficient (Wildman–Crippen LogP) is 3.75. The van der Waals surface area contributed by atoms with Gasteiger partial charge in [0.1, 0.15) is 5.56 Å². The lowest BCUT2D eigenvalue weighted by Gasteiger charge is -2.41. The molecule has 6 heteroatoms. The Kier molecular flexibility index (Phi) is 4.52. The van der Waals surface area contributed by atoms with Crippen molar-refractivity contribution in [2.24, 2.45) is 11.8 Å². The van der Waals surface area contributed by atoms with E-state index < -0.39 is 4.92 Å². The third kappa shape index (κ3) is 3.18. The van der Waals surface area contributed by atoms with Crippen molar-refractivity contribution in [3.05, 3.63) is 38.9 Å². The number of piperidine rings is 1. The Morgan fingerprint density at radius 2 is 2.05 bits per heavy atom. The van der Waals surface area contributed by atoms with Gasteiger partial charge in [0.2, 0.25) is 0 Å². The summed E-state index contributed by atoms with van der Waals surface area (Å²) in [6.45, 7) is 6.81. The van der Waals surface area contributed by atoms with Gasteiger partial charge in [0.15, 0.2) is 0 Å². The molecule has 0 saturated carbocycles. The highest BCUT2D eigenvalue weighted by Crippen LogP contribution is 2.31. The van der Waals surface area contributed by atoms with Crippen molar-refractivity contribution in [3.8, 4) is 0 Å². The summed E-state index contributed by atoms with van der Waals surface area (Å²) >= 11 is 5.90. The standard InChI is InChI=1S/C15H19ClN2O3/c1-9-6-10(2)11(3)17(8-9)15(19)13-7-12(16)4-5-14(13)18(20)21/h4-5,7,9-11H,6,8H2,1-3H3. The number of nitrogens with zero attached hydrogens (tertiary/aromatic N) is 2. The summed E-state index contributed by atoms with van der Waals surface area (Å²) in [6.07, 6.45) is 1.06. The van der Waals surface area contributed by atoms with E-state index in [1.54, 1.807) is 4.90 Å². The monoisotopic (exact) mass is 310 g/mol. The van der Waals surface area contributed by atoms with Crippen molar-refractivity contribution in [2.45, 2.75) is 33.2 Å². The summed E-state index contributed by atoms with van der Waals surface area (Å²) < 4.78 is 0. The third-order valence-corrected chi connectivity index (χ3v) is 4.48. The summed E-state index contributed by atoms with van der Waals surface area (Å²) in [4.78, 5) is 25.1. The molecule has 114 valence electrons. The van der Waals surface area contributed by atoms with Crippen LogP contribution in [0.25, 0.3) is 0 Å². The first kappa shape index (κ1) is 15.8. The number of amides is 1. The van der Waals surface area contributed by atoms with Crippen LogP contribution in [-0.4, -0.2) is 28.3 Å². The van der Waals surface area contributed by atoms with Crippen LogP contribution in [0.1, 0.15) is 37.6 Å². The van der Waals surface area contributed by atoms with E-state index in [0.29, 0.717) is 23.4 Å². The van der Waals surface area contributed by atoms with Crippen molar-refractivity contribution >= 4 is 23.2 Å². The molecule has 0 aliphatic carbocycles. The fraction of sp³-hybridized carbons (Fsp3) is 0.533. The second kappa shape index (κ2) is 6.02. The van der Waals surface area contributed by atoms with Crippen molar-refractivity contribution in [1.29, 1.82) is 0 Å². The van der Waals surface area contributed by atoms with Gasteiger partial charge in [-0.25, -0.2) is 0 Å². The van der Waals surface area contributed by atoms with Crippen LogP contribution in [0.5, 0.6) is 0 Å². The highest BCUT2D eigenvalue weighted by atomic mass is 35.5. The van der Waals surface area contributed by atoms with Gasteiger partial charge in [0.25, 0.3) is 11.6 Å². The third-order valence-electron chi connectivity index (χ3n) is 4.24. The first-order valence-corrected chi connectivity index (χ1v) is 7.44. The second-order valence-corrected chi connectivity index (χ2v) is 6.37. The number of rotatable bonds is 2. The van der Waals surface area contributed by atoms with Gasteiger partial charge in [-0.2, -0.15) is 0 Å². The largest absolute Gasteiger partial charge is 0.335 e. The Hall–Kier alpha value is -1.62. The molecule has 2 rings (SSSR count). The number of nitro benzene ring substituents is 1. The van der Waals surface area contributed by atoms with Crippen LogP contribution >= 0.6 is 11.6 Å². The van der Waals surface area contributed by atoms with Gasteiger partial charge in [-0.15, -0.1) is 0 Å². The molecule has 1 amide bonds. The Labute approximate surface area is 129 Å². The molecule has 0 spiro atoms. The van der Waals surface area contributed by atoms with Crippen LogP contribution in [0.4, 0.5) is 5.69 Å². The van der Waals surface area contributed by atoms with E-state index in [2.05, 4.69) is 13.8 Å². The number of halogens is 1. The van der Waals surface area contributed by atoms with Crippen LogP contribution < -0.4 is 0 Å². The molecule has 1 saturated heterocycles. The van der Waals surface area contributed by atoms with Crippen molar-refractivity contribution in [1.82, 2.24) is 4.90 Å². The maximum atomic E-state index is 12.7. The Morgan fingerprint density at radius 3 is 2.67 bits per heavy atom. The highest BCUT2D eigenvalue weighted by Gasteiger charge is 2.34. The van der Waals surface area contributed by atoms with Crippen LogP contribution in [0.3, 0.4) is 0 Å². The fourth-order valence-corrected chi connectivity index (χ4v) is 3.15. The zero-order chi connectivity index (χ0) is 15.7. The number of carbonyl (C=O) groups excluding carboxylic acids is 1. The highest BCUT2D eigenvalue weighted by molar-refractivity contribution is 6.31. The van der Waals surface area contributed by atoms with Gasteiger partial charge in [-0.3, -0.25) is 14.9 Å². The fourth-order valence-electron chi connectivity index (χ4n) is 2.98. The molecule has 1 aliphatic rings. The smallest absolute Gasteiger partial charge is 0.282 e. The number of hydrogen-bond acceptors (Lipinski definition) is 3. The van der Waals surface area contributed by atoms with Crippen molar-refractivity contribution < 1.29 is 9.72 Å². The molecule has 1 aliphatic heterocycles. The molecule has 0 N–H and O–H groups in total.